The molecule has 3 heteroatoms. The highest BCUT2D eigenvalue weighted by molar-refractivity contribution is 5.23. The van der Waals surface area contributed by atoms with Crippen molar-refractivity contribution in [1.29, 1.82) is 0 Å². The molecule has 0 aliphatic carbocycles. The van der Waals surface area contributed by atoms with E-state index >= 15 is 0 Å². The number of halogens is 2. The first-order valence-electron chi connectivity index (χ1n) is 4.77. The molecular weight excluding hydrogens is 184 g/mol. The van der Waals surface area contributed by atoms with Crippen LogP contribution in [0.4, 0.5) is 8.78 Å². The molecule has 78 valence electrons. The standard InChI is InChI=1S/C11H15F2N/c1-3-10(14)7(2)8-5-4-6-9(12)11(8)13/h4-7,10H,3,14H2,1-2H3. The normalized spacial score (nSPS) is 15.2. The van der Waals surface area contributed by atoms with Gasteiger partial charge in [0, 0.05) is 6.04 Å². The molecule has 1 rings (SSSR count). The Morgan fingerprint density at radius 3 is 2.57 bits per heavy atom. The second-order valence-electron chi connectivity index (χ2n) is 3.50. The predicted molar refractivity (Wildman–Crippen MR) is 53.0 cm³/mol. The highest BCUT2D eigenvalue weighted by atomic mass is 19.2. The molecule has 0 saturated heterocycles. The van der Waals surface area contributed by atoms with E-state index in [0.29, 0.717) is 5.56 Å². The van der Waals surface area contributed by atoms with Crippen molar-refractivity contribution in [1.82, 2.24) is 0 Å². The zero-order valence-corrected chi connectivity index (χ0v) is 8.43. The molecule has 2 unspecified atom stereocenters. The Labute approximate surface area is 82.9 Å². The Kier molecular flexibility index (Phi) is 3.58. The van der Waals surface area contributed by atoms with Crippen molar-refractivity contribution in [3.63, 3.8) is 0 Å². The molecule has 0 aliphatic heterocycles. The summed E-state index contributed by atoms with van der Waals surface area (Å²) >= 11 is 0. The van der Waals surface area contributed by atoms with E-state index in [4.69, 9.17) is 5.73 Å². The van der Waals surface area contributed by atoms with Gasteiger partial charge in [0.1, 0.15) is 0 Å². The van der Waals surface area contributed by atoms with Gasteiger partial charge < -0.3 is 5.73 Å². The largest absolute Gasteiger partial charge is 0.327 e. The van der Waals surface area contributed by atoms with Gasteiger partial charge in [-0.25, -0.2) is 8.78 Å². The monoisotopic (exact) mass is 199 g/mol. The minimum Gasteiger partial charge on any atom is -0.327 e. The summed E-state index contributed by atoms with van der Waals surface area (Å²) in [5.41, 5.74) is 6.14. The van der Waals surface area contributed by atoms with E-state index in [9.17, 15) is 8.78 Å². The summed E-state index contributed by atoms with van der Waals surface area (Å²) in [5, 5.41) is 0. The third-order valence-electron chi connectivity index (χ3n) is 2.59. The molecule has 1 aromatic carbocycles. The molecule has 0 aliphatic rings. The van der Waals surface area contributed by atoms with Crippen molar-refractivity contribution < 1.29 is 8.78 Å². The van der Waals surface area contributed by atoms with Crippen molar-refractivity contribution in [3.05, 3.63) is 35.4 Å². The van der Waals surface area contributed by atoms with Crippen molar-refractivity contribution in [2.24, 2.45) is 5.73 Å². The van der Waals surface area contributed by atoms with Crippen LogP contribution in [-0.2, 0) is 0 Å². The average Bonchev–Trinajstić information content (AvgIpc) is 2.20. The first-order valence-corrected chi connectivity index (χ1v) is 4.77. The first-order chi connectivity index (χ1) is 6.57. The summed E-state index contributed by atoms with van der Waals surface area (Å²) < 4.78 is 26.2. The van der Waals surface area contributed by atoms with E-state index in [1.165, 1.54) is 6.07 Å². The summed E-state index contributed by atoms with van der Waals surface area (Å²) in [6.45, 7) is 3.74. The predicted octanol–water partition coefficient (Wildman–Crippen LogP) is 2.81. The van der Waals surface area contributed by atoms with E-state index < -0.39 is 11.6 Å². The van der Waals surface area contributed by atoms with E-state index in [2.05, 4.69) is 0 Å². The van der Waals surface area contributed by atoms with Crippen molar-refractivity contribution in [3.8, 4) is 0 Å². The molecule has 1 nitrogen and oxygen atoms in total. The lowest BCUT2D eigenvalue weighted by Crippen LogP contribution is -2.26. The van der Waals surface area contributed by atoms with E-state index in [-0.39, 0.29) is 12.0 Å². The fraction of sp³-hybridized carbons (Fsp3) is 0.455. The lowest BCUT2D eigenvalue weighted by Gasteiger charge is -2.19. The van der Waals surface area contributed by atoms with Gasteiger partial charge in [0.2, 0.25) is 0 Å². The molecule has 0 aromatic heterocycles. The van der Waals surface area contributed by atoms with Crippen LogP contribution in [-0.4, -0.2) is 6.04 Å². The topological polar surface area (TPSA) is 26.0 Å². The fourth-order valence-electron chi connectivity index (χ4n) is 1.46. The molecule has 14 heavy (non-hydrogen) atoms. The number of hydrogen-bond donors (Lipinski definition) is 1. The number of rotatable bonds is 3. The van der Waals surface area contributed by atoms with Gasteiger partial charge in [-0.15, -0.1) is 0 Å². The van der Waals surface area contributed by atoms with Gasteiger partial charge >= 0.3 is 0 Å². The van der Waals surface area contributed by atoms with Crippen LogP contribution in [0, 0.1) is 11.6 Å². The third-order valence-corrected chi connectivity index (χ3v) is 2.59. The van der Waals surface area contributed by atoms with Crippen molar-refractivity contribution in [2.45, 2.75) is 32.2 Å². The van der Waals surface area contributed by atoms with Gasteiger partial charge in [0.05, 0.1) is 0 Å². The summed E-state index contributed by atoms with van der Waals surface area (Å²) in [7, 11) is 0. The molecular formula is C11H15F2N. The maximum atomic E-state index is 13.3. The maximum absolute atomic E-state index is 13.3. The lowest BCUT2D eigenvalue weighted by molar-refractivity contribution is 0.470. The Bertz CT molecular complexity index is 312. The molecule has 0 spiro atoms. The van der Waals surface area contributed by atoms with Gasteiger partial charge in [-0.2, -0.15) is 0 Å². The van der Waals surface area contributed by atoms with Crippen LogP contribution < -0.4 is 5.73 Å². The lowest BCUT2D eigenvalue weighted by atomic mass is 9.92. The molecule has 1 aromatic rings. The molecule has 2 N–H and O–H groups in total. The second-order valence-corrected chi connectivity index (χ2v) is 3.50. The Hall–Kier alpha value is -0.960. The van der Waals surface area contributed by atoms with E-state index in [1.807, 2.05) is 13.8 Å². The van der Waals surface area contributed by atoms with Crippen molar-refractivity contribution >= 4 is 0 Å². The van der Waals surface area contributed by atoms with Crippen LogP contribution in [0.5, 0.6) is 0 Å². The molecule has 2 atom stereocenters. The smallest absolute Gasteiger partial charge is 0.162 e. The average molecular weight is 199 g/mol. The summed E-state index contributed by atoms with van der Waals surface area (Å²) in [4.78, 5) is 0. The van der Waals surface area contributed by atoms with Crippen molar-refractivity contribution in [2.75, 3.05) is 0 Å². The van der Waals surface area contributed by atoms with E-state index in [1.54, 1.807) is 6.07 Å². The third kappa shape index (κ3) is 2.10. The number of hydrogen-bond acceptors (Lipinski definition) is 1. The first kappa shape index (κ1) is 11.1. The van der Waals surface area contributed by atoms with Crippen LogP contribution >= 0.6 is 0 Å². The highest BCUT2D eigenvalue weighted by Crippen LogP contribution is 2.23. The summed E-state index contributed by atoms with van der Waals surface area (Å²) in [6.07, 6.45) is 0.747. The molecule has 0 saturated carbocycles. The van der Waals surface area contributed by atoms with Gasteiger partial charge in [0.15, 0.2) is 11.6 Å². The Morgan fingerprint density at radius 1 is 1.36 bits per heavy atom. The maximum Gasteiger partial charge on any atom is 0.162 e. The number of nitrogens with two attached hydrogens (primary N) is 1. The van der Waals surface area contributed by atoms with Crippen LogP contribution in [0.1, 0.15) is 31.7 Å². The quantitative estimate of drug-likeness (QED) is 0.795. The highest BCUT2D eigenvalue weighted by Gasteiger charge is 2.18. The molecule has 0 heterocycles. The van der Waals surface area contributed by atoms with Gasteiger partial charge in [0.25, 0.3) is 0 Å². The van der Waals surface area contributed by atoms with Gasteiger partial charge in [-0.1, -0.05) is 26.0 Å². The molecule has 0 radical (unpaired) electrons. The summed E-state index contributed by atoms with van der Waals surface area (Å²) in [6, 6.07) is 4.07. The Balaban J connectivity index is 3.01. The molecule has 0 bridgehead atoms. The number of benzene rings is 1. The van der Waals surface area contributed by atoms with Crippen LogP contribution in [0.3, 0.4) is 0 Å². The molecule has 0 amide bonds. The van der Waals surface area contributed by atoms with Gasteiger partial charge in [-0.3, -0.25) is 0 Å². The summed E-state index contributed by atoms with van der Waals surface area (Å²) in [5.74, 6) is -1.74. The van der Waals surface area contributed by atoms with Crippen LogP contribution in [0.15, 0.2) is 18.2 Å². The fourth-order valence-corrected chi connectivity index (χ4v) is 1.46. The SMILES string of the molecule is CCC(N)C(C)c1cccc(F)c1F. The zero-order valence-electron chi connectivity index (χ0n) is 8.43. The zero-order chi connectivity index (χ0) is 10.7. The van der Waals surface area contributed by atoms with Crippen LogP contribution in [0.2, 0.25) is 0 Å². The minimum atomic E-state index is -0.808. The van der Waals surface area contributed by atoms with Crippen LogP contribution in [0.25, 0.3) is 0 Å². The molecule has 0 fully saturated rings. The minimum absolute atomic E-state index is 0.133. The van der Waals surface area contributed by atoms with Gasteiger partial charge in [-0.05, 0) is 24.0 Å². The van der Waals surface area contributed by atoms with E-state index in [0.717, 1.165) is 12.5 Å². The second kappa shape index (κ2) is 4.51. The Morgan fingerprint density at radius 2 is 2.00 bits per heavy atom.